The fourth-order valence-corrected chi connectivity index (χ4v) is 4.92. The molecule has 5 unspecified atom stereocenters. The van der Waals surface area contributed by atoms with Crippen LogP contribution in [-0.2, 0) is 0 Å². The quantitative estimate of drug-likeness (QED) is 0.846. The molecule has 2 aliphatic carbocycles. The topological polar surface area (TPSA) is 29.3 Å². The molecule has 2 bridgehead atoms. The van der Waals surface area contributed by atoms with Gasteiger partial charge in [0.1, 0.15) is 0 Å². The largest absolute Gasteiger partial charge is 0.326 e. The van der Waals surface area contributed by atoms with Gasteiger partial charge in [0.15, 0.2) is 0 Å². The Kier molecular flexibility index (Phi) is 3.68. The smallest absolute Gasteiger partial charge is 0.0253 e. The molecule has 0 aromatic rings. The second-order valence-electron chi connectivity index (χ2n) is 8.11. The molecule has 0 radical (unpaired) electrons. The van der Waals surface area contributed by atoms with Crippen molar-refractivity contribution in [2.45, 2.75) is 83.8 Å². The lowest BCUT2D eigenvalue weighted by Crippen LogP contribution is -2.54. The highest BCUT2D eigenvalue weighted by molar-refractivity contribution is 5.01. The summed E-state index contributed by atoms with van der Waals surface area (Å²) in [6.07, 6.45) is 9.62. The molecule has 2 N–H and O–H groups in total. The van der Waals surface area contributed by atoms with Crippen LogP contribution in [0.25, 0.3) is 0 Å². The standard InChI is InChI=1S/C17H32N2/c1-4-17(2,3)13-6-8-15(18)16(10-13)19-11-12-5-7-14(19)9-12/h12-16H,4-11,18H2,1-3H3. The predicted molar refractivity (Wildman–Crippen MR) is 81.0 cm³/mol. The van der Waals surface area contributed by atoms with Crippen molar-refractivity contribution in [2.75, 3.05) is 6.54 Å². The van der Waals surface area contributed by atoms with Crippen LogP contribution in [-0.4, -0.2) is 29.6 Å². The minimum absolute atomic E-state index is 0.434. The molecule has 2 heteroatoms. The van der Waals surface area contributed by atoms with Crippen molar-refractivity contribution in [3.8, 4) is 0 Å². The molecule has 0 aromatic carbocycles. The van der Waals surface area contributed by atoms with E-state index >= 15 is 0 Å². The van der Waals surface area contributed by atoms with Gasteiger partial charge in [0.05, 0.1) is 0 Å². The first-order valence-corrected chi connectivity index (χ1v) is 8.52. The van der Waals surface area contributed by atoms with E-state index < -0.39 is 0 Å². The van der Waals surface area contributed by atoms with Gasteiger partial charge < -0.3 is 5.73 Å². The second kappa shape index (κ2) is 5.04. The SMILES string of the molecule is CCC(C)(C)C1CCC(N)C(N2CC3CCC2C3)C1. The highest BCUT2D eigenvalue weighted by Crippen LogP contribution is 2.45. The van der Waals surface area contributed by atoms with Gasteiger partial charge in [-0.15, -0.1) is 0 Å². The van der Waals surface area contributed by atoms with Crippen LogP contribution in [0.5, 0.6) is 0 Å². The predicted octanol–water partition coefficient (Wildman–Crippen LogP) is 3.40. The van der Waals surface area contributed by atoms with Crippen molar-refractivity contribution in [3.63, 3.8) is 0 Å². The third kappa shape index (κ3) is 2.47. The van der Waals surface area contributed by atoms with Crippen LogP contribution in [0.3, 0.4) is 0 Å². The number of hydrogen-bond acceptors (Lipinski definition) is 2. The zero-order valence-corrected chi connectivity index (χ0v) is 13.1. The normalized spacial score (nSPS) is 43.9. The van der Waals surface area contributed by atoms with E-state index in [1.54, 1.807) is 0 Å². The first kappa shape index (κ1) is 13.9. The van der Waals surface area contributed by atoms with Gasteiger partial charge in [0.2, 0.25) is 0 Å². The van der Waals surface area contributed by atoms with E-state index in [0.717, 1.165) is 17.9 Å². The molecule has 2 nitrogen and oxygen atoms in total. The maximum atomic E-state index is 6.50. The number of likely N-dealkylation sites (tertiary alicyclic amines) is 1. The van der Waals surface area contributed by atoms with Crippen LogP contribution in [0.1, 0.15) is 65.7 Å². The van der Waals surface area contributed by atoms with E-state index in [9.17, 15) is 0 Å². The number of fused-ring (bicyclic) bond motifs is 2. The van der Waals surface area contributed by atoms with Crippen LogP contribution in [0, 0.1) is 17.3 Å². The van der Waals surface area contributed by atoms with Crippen LogP contribution < -0.4 is 5.73 Å². The Labute approximate surface area is 119 Å². The van der Waals surface area contributed by atoms with Crippen LogP contribution in [0.15, 0.2) is 0 Å². The molecule has 1 aliphatic heterocycles. The van der Waals surface area contributed by atoms with Gasteiger partial charge in [0.25, 0.3) is 0 Å². The van der Waals surface area contributed by atoms with E-state index in [1.165, 1.54) is 51.5 Å². The molecule has 0 aromatic heterocycles. The molecule has 3 fully saturated rings. The zero-order valence-electron chi connectivity index (χ0n) is 13.1. The van der Waals surface area contributed by atoms with Crippen molar-refractivity contribution in [1.29, 1.82) is 0 Å². The van der Waals surface area contributed by atoms with E-state index in [-0.39, 0.29) is 0 Å². The van der Waals surface area contributed by atoms with Crippen molar-refractivity contribution in [1.82, 2.24) is 4.90 Å². The summed E-state index contributed by atoms with van der Waals surface area (Å²) in [5.41, 5.74) is 6.99. The molecular formula is C17H32N2. The van der Waals surface area contributed by atoms with Gasteiger partial charge in [-0.3, -0.25) is 4.90 Å². The van der Waals surface area contributed by atoms with Crippen LogP contribution in [0.2, 0.25) is 0 Å². The summed E-state index contributed by atoms with van der Waals surface area (Å²) in [6, 6.07) is 1.99. The van der Waals surface area contributed by atoms with Gasteiger partial charge in [-0.2, -0.15) is 0 Å². The third-order valence-electron chi connectivity index (χ3n) is 6.76. The minimum Gasteiger partial charge on any atom is -0.326 e. The van der Waals surface area contributed by atoms with Crippen molar-refractivity contribution < 1.29 is 0 Å². The average molecular weight is 264 g/mol. The van der Waals surface area contributed by atoms with E-state index in [4.69, 9.17) is 5.73 Å². The molecule has 0 amide bonds. The summed E-state index contributed by atoms with van der Waals surface area (Å²) < 4.78 is 0. The van der Waals surface area contributed by atoms with Gasteiger partial charge in [0, 0.05) is 24.7 Å². The molecule has 19 heavy (non-hydrogen) atoms. The molecule has 3 rings (SSSR count). The first-order valence-electron chi connectivity index (χ1n) is 8.52. The highest BCUT2D eigenvalue weighted by Gasteiger charge is 2.45. The van der Waals surface area contributed by atoms with E-state index in [1.807, 2.05) is 0 Å². The van der Waals surface area contributed by atoms with E-state index in [2.05, 4.69) is 25.7 Å². The summed E-state index contributed by atoms with van der Waals surface area (Å²) in [6.45, 7) is 8.62. The van der Waals surface area contributed by atoms with Gasteiger partial charge in [-0.05, 0) is 55.8 Å². The molecule has 3 aliphatic rings. The summed E-state index contributed by atoms with van der Waals surface area (Å²) in [4.78, 5) is 2.82. The van der Waals surface area contributed by atoms with Gasteiger partial charge in [-0.25, -0.2) is 0 Å². The Balaban J connectivity index is 1.70. The van der Waals surface area contributed by atoms with Crippen molar-refractivity contribution >= 4 is 0 Å². The summed E-state index contributed by atoms with van der Waals surface area (Å²) >= 11 is 0. The first-order chi connectivity index (χ1) is 9.01. The third-order valence-corrected chi connectivity index (χ3v) is 6.76. The fourth-order valence-electron chi connectivity index (χ4n) is 4.92. The summed E-state index contributed by atoms with van der Waals surface area (Å²) in [7, 11) is 0. The molecular weight excluding hydrogens is 232 g/mol. The van der Waals surface area contributed by atoms with Crippen molar-refractivity contribution in [3.05, 3.63) is 0 Å². The molecule has 0 spiro atoms. The van der Waals surface area contributed by atoms with Gasteiger partial charge >= 0.3 is 0 Å². The molecule has 5 atom stereocenters. The highest BCUT2D eigenvalue weighted by atomic mass is 15.2. The number of piperidine rings is 1. The Hall–Kier alpha value is -0.0800. The molecule has 1 heterocycles. The number of nitrogens with two attached hydrogens (primary N) is 1. The number of hydrogen-bond donors (Lipinski definition) is 1. The Morgan fingerprint density at radius 2 is 1.89 bits per heavy atom. The maximum Gasteiger partial charge on any atom is 0.0253 e. The second-order valence-corrected chi connectivity index (χ2v) is 8.11. The van der Waals surface area contributed by atoms with Crippen LogP contribution in [0.4, 0.5) is 0 Å². The number of nitrogens with zero attached hydrogens (tertiary/aromatic N) is 1. The summed E-state index contributed by atoms with van der Waals surface area (Å²) in [5.74, 6) is 1.87. The van der Waals surface area contributed by atoms with Gasteiger partial charge in [-0.1, -0.05) is 27.2 Å². The fraction of sp³-hybridized carbons (Fsp3) is 1.00. The summed E-state index contributed by atoms with van der Waals surface area (Å²) in [5, 5.41) is 0. The van der Waals surface area contributed by atoms with Crippen LogP contribution >= 0.6 is 0 Å². The van der Waals surface area contributed by atoms with Crippen molar-refractivity contribution in [2.24, 2.45) is 23.0 Å². The molecule has 1 saturated heterocycles. The Morgan fingerprint density at radius 1 is 1.11 bits per heavy atom. The minimum atomic E-state index is 0.434. The maximum absolute atomic E-state index is 6.50. The lowest BCUT2D eigenvalue weighted by molar-refractivity contribution is 0.0435. The average Bonchev–Trinajstić information content (AvgIpc) is 3.01. The molecule has 110 valence electrons. The lowest BCUT2D eigenvalue weighted by atomic mass is 9.67. The number of rotatable bonds is 3. The Bertz CT molecular complexity index is 325. The lowest BCUT2D eigenvalue weighted by Gasteiger charge is -2.47. The zero-order chi connectivity index (χ0) is 13.6. The van der Waals surface area contributed by atoms with E-state index in [0.29, 0.717) is 17.5 Å². The monoisotopic (exact) mass is 264 g/mol. The molecule has 2 saturated carbocycles. The Morgan fingerprint density at radius 3 is 2.47 bits per heavy atom.